The molecule has 0 amide bonds. The van der Waals surface area contributed by atoms with Gasteiger partial charge in [0, 0.05) is 17.5 Å². The zero-order chi connectivity index (χ0) is 14.8. The van der Waals surface area contributed by atoms with Crippen molar-refractivity contribution >= 4 is 16.9 Å². The van der Waals surface area contributed by atoms with Gasteiger partial charge in [-0.1, -0.05) is 13.8 Å². The highest BCUT2D eigenvalue weighted by Gasteiger charge is 2.25. The number of nitrogens with zero attached hydrogens (tertiary/aromatic N) is 2. The molecule has 2 heterocycles. The van der Waals surface area contributed by atoms with Crippen LogP contribution in [0.5, 0.6) is 0 Å². The van der Waals surface area contributed by atoms with E-state index in [1.54, 1.807) is 0 Å². The summed E-state index contributed by atoms with van der Waals surface area (Å²) in [5.74, 6) is 1.65. The Balaban J connectivity index is 2.30. The van der Waals surface area contributed by atoms with Crippen LogP contribution in [0.2, 0.25) is 0 Å². The highest BCUT2D eigenvalue weighted by atomic mass is 16.3. The average Bonchev–Trinajstić information content (AvgIpc) is 2.77. The zero-order valence-corrected chi connectivity index (χ0v) is 12.7. The van der Waals surface area contributed by atoms with Crippen LogP contribution in [0.15, 0.2) is 10.7 Å². The molecule has 0 radical (unpaired) electrons. The van der Waals surface area contributed by atoms with Crippen LogP contribution in [-0.2, 0) is 0 Å². The predicted molar refractivity (Wildman–Crippen MR) is 79.9 cm³/mol. The van der Waals surface area contributed by atoms with Crippen molar-refractivity contribution in [3.05, 3.63) is 17.7 Å². The van der Waals surface area contributed by atoms with Gasteiger partial charge in [-0.05, 0) is 26.7 Å². The average molecular weight is 277 g/mol. The molecule has 0 atom stereocenters. The van der Waals surface area contributed by atoms with E-state index in [-0.39, 0.29) is 12.0 Å². The number of hydrogen-bond donors (Lipinski definition) is 2. The van der Waals surface area contributed by atoms with Gasteiger partial charge in [0.1, 0.15) is 17.9 Å². The fourth-order valence-corrected chi connectivity index (χ4v) is 2.37. The minimum Gasteiger partial charge on any atom is -0.443 e. The van der Waals surface area contributed by atoms with Crippen molar-refractivity contribution in [3.8, 4) is 0 Å². The maximum absolute atomic E-state index is 9.64. The second-order valence-corrected chi connectivity index (χ2v) is 5.40. The molecule has 0 aliphatic carbocycles. The molecule has 0 saturated heterocycles. The first kappa shape index (κ1) is 14.8. The molecule has 0 aliphatic heterocycles. The third-order valence-corrected chi connectivity index (χ3v) is 4.43. The number of aliphatic hydroxyl groups is 1. The fraction of sp³-hybridized carbons (Fsp3) is 0.600. The SMILES string of the molecule is CCC(CC)(CO)CNc1ncnc2oc(C)c(C)c12. The number of fused-ring (bicyclic) bond motifs is 1. The quantitative estimate of drug-likeness (QED) is 0.849. The Hall–Kier alpha value is -1.62. The lowest BCUT2D eigenvalue weighted by Gasteiger charge is -2.29. The smallest absolute Gasteiger partial charge is 0.231 e. The lowest BCUT2D eigenvalue weighted by molar-refractivity contribution is 0.127. The van der Waals surface area contributed by atoms with Gasteiger partial charge in [0.05, 0.1) is 12.0 Å². The molecular formula is C15H23N3O2. The van der Waals surface area contributed by atoms with Crippen molar-refractivity contribution in [1.82, 2.24) is 9.97 Å². The standard InChI is InChI=1S/C15H23N3O2/c1-5-15(6-2,8-19)7-16-13-12-10(3)11(4)20-14(12)18-9-17-13/h9,19H,5-8H2,1-4H3,(H,16,17,18). The first-order valence-electron chi connectivity index (χ1n) is 7.12. The molecule has 2 aromatic rings. The molecule has 2 aromatic heterocycles. The van der Waals surface area contributed by atoms with Crippen LogP contribution in [0.25, 0.3) is 11.1 Å². The Morgan fingerprint density at radius 1 is 1.25 bits per heavy atom. The van der Waals surface area contributed by atoms with E-state index in [4.69, 9.17) is 4.42 Å². The van der Waals surface area contributed by atoms with Gasteiger partial charge in [0.2, 0.25) is 5.71 Å². The predicted octanol–water partition coefficient (Wildman–Crippen LogP) is 3.05. The van der Waals surface area contributed by atoms with Gasteiger partial charge in [-0.2, -0.15) is 0 Å². The molecule has 110 valence electrons. The summed E-state index contributed by atoms with van der Waals surface area (Å²) in [4.78, 5) is 8.48. The van der Waals surface area contributed by atoms with E-state index in [2.05, 4.69) is 29.1 Å². The number of nitrogens with one attached hydrogen (secondary N) is 1. The minimum atomic E-state index is -0.107. The topological polar surface area (TPSA) is 71.2 Å². The third kappa shape index (κ3) is 2.50. The van der Waals surface area contributed by atoms with E-state index in [0.717, 1.165) is 35.4 Å². The molecule has 0 aliphatic rings. The van der Waals surface area contributed by atoms with Crippen molar-refractivity contribution in [1.29, 1.82) is 0 Å². The summed E-state index contributed by atoms with van der Waals surface area (Å²) in [5.41, 5.74) is 1.56. The van der Waals surface area contributed by atoms with Gasteiger partial charge in [0.25, 0.3) is 0 Å². The third-order valence-electron chi connectivity index (χ3n) is 4.43. The Morgan fingerprint density at radius 2 is 1.95 bits per heavy atom. The van der Waals surface area contributed by atoms with Crippen LogP contribution in [0.4, 0.5) is 5.82 Å². The summed E-state index contributed by atoms with van der Waals surface area (Å²) >= 11 is 0. The van der Waals surface area contributed by atoms with E-state index >= 15 is 0 Å². The first-order valence-corrected chi connectivity index (χ1v) is 7.12. The maximum atomic E-state index is 9.64. The first-order chi connectivity index (χ1) is 9.56. The van der Waals surface area contributed by atoms with Gasteiger partial charge >= 0.3 is 0 Å². The molecule has 2 rings (SSSR count). The van der Waals surface area contributed by atoms with Crippen molar-refractivity contribution < 1.29 is 9.52 Å². The van der Waals surface area contributed by atoms with Crippen LogP contribution >= 0.6 is 0 Å². The van der Waals surface area contributed by atoms with Gasteiger partial charge in [-0.15, -0.1) is 0 Å². The summed E-state index contributed by atoms with van der Waals surface area (Å²) in [6.45, 7) is 9.00. The Labute approximate surface area is 119 Å². The zero-order valence-electron chi connectivity index (χ0n) is 12.7. The highest BCUT2D eigenvalue weighted by Crippen LogP contribution is 2.30. The molecule has 2 N–H and O–H groups in total. The molecule has 0 bridgehead atoms. The Bertz CT molecular complexity index is 580. The lowest BCUT2D eigenvalue weighted by Crippen LogP contribution is -2.32. The van der Waals surface area contributed by atoms with Crippen LogP contribution in [0.3, 0.4) is 0 Å². The van der Waals surface area contributed by atoms with Crippen molar-refractivity contribution in [3.63, 3.8) is 0 Å². The van der Waals surface area contributed by atoms with E-state index in [0.29, 0.717) is 12.3 Å². The number of aryl methyl sites for hydroxylation is 2. The highest BCUT2D eigenvalue weighted by molar-refractivity contribution is 5.89. The van der Waals surface area contributed by atoms with Crippen molar-refractivity contribution in [2.24, 2.45) is 5.41 Å². The fourth-order valence-electron chi connectivity index (χ4n) is 2.37. The van der Waals surface area contributed by atoms with Crippen molar-refractivity contribution in [2.45, 2.75) is 40.5 Å². The van der Waals surface area contributed by atoms with Crippen LogP contribution < -0.4 is 5.32 Å². The van der Waals surface area contributed by atoms with Crippen molar-refractivity contribution in [2.75, 3.05) is 18.5 Å². The summed E-state index contributed by atoms with van der Waals surface area (Å²) in [6.07, 6.45) is 3.35. The molecule has 0 fully saturated rings. The lowest BCUT2D eigenvalue weighted by atomic mass is 9.83. The molecule has 5 nitrogen and oxygen atoms in total. The summed E-state index contributed by atoms with van der Waals surface area (Å²) in [5, 5.41) is 13.9. The normalized spacial score (nSPS) is 12.1. The Morgan fingerprint density at radius 3 is 2.55 bits per heavy atom. The molecule has 0 saturated carbocycles. The second-order valence-electron chi connectivity index (χ2n) is 5.40. The number of rotatable bonds is 6. The van der Waals surface area contributed by atoms with Gasteiger partial charge in [-0.3, -0.25) is 0 Å². The summed E-state index contributed by atoms with van der Waals surface area (Å²) in [6, 6.07) is 0. The van der Waals surface area contributed by atoms with E-state index in [1.165, 1.54) is 6.33 Å². The molecule has 5 heteroatoms. The largest absolute Gasteiger partial charge is 0.443 e. The molecule has 0 aromatic carbocycles. The van der Waals surface area contributed by atoms with Crippen LogP contribution in [-0.4, -0.2) is 28.2 Å². The number of furan rings is 1. The molecule has 0 spiro atoms. The number of anilines is 1. The van der Waals surface area contributed by atoms with Gasteiger partial charge in [0.15, 0.2) is 0 Å². The maximum Gasteiger partial charge on any atom is 0.231 e. The molecule has 0 unspecified atom stereocenters. The van der Waals surface area contributed by atoms with E-state index < -0.39 is 0 Å². The second kappa shape index (κ2) is 5.79. The van der Waals surface area contributed by atoms with Crippen LogP contribution in [0, 0.1) is 19.3 Å². The molecule has 20 heavy (non-hydrogen) atoms. The summed E-state index contributed by atoms with van der Waals surface area (Å²) < 4.78 is 5.61. The van der Waals surface area contributed by atoms with E-state index in [1.807, 2.05) is 13.8 Å². The molecular weight excluding hydrogens is 254 g/mol. The number of hydrogen-bond acceptors (Lipinski definition) is 5. The summed E-state index contributed by atoms with van der Waals surface area (Å²) in [7, 11) is 0. The number of aliphatic hydroxyl groups excluding tert-OH is 1. The monoisotopic (exact) mass is 277 g/mol. The van der Waals surface area contributed by atoms with Gasteiger partial charge < -0.3 is 14.8 Å². The minimum absolute atomic E-state index is 0.107. The number of aromatic nitrogens is 2. The van der Waals surface area contributed by atoms with Crippen LogP contribution in [0.1, 0.15) is 38.0 Å². The van der Waals surface area contributed by atoms with Gasteiger partial charge in [-0.25, -0.2) is 9.97 Å². The van der Waals surface area contributed by atoms with E-state index in [9.17, 15) is 5.11 Å². The Kier molecular flexibility index (Phi) is 4.28.